The highest BCUT2D eigenvalue weighted by atomic mass is 16.6. The van der Waals surface area contributed by atoms with Crippen LogP contribution in [0.5, 0.6) is 0 Å². The van der Waals surface area contributed by atoms with E-state index in [1.54, 1.807) is 24.3 Å². The third-order valence-electron chi connectivity index (χ3n) is 3.28. The van der Waals surface area contributed by atoms with Gasteiger partial charge in [0.25, 0.3) is 0 Å². The molecule has 0 aliphatic carbocycles. The lowest BCUT2D eigenvalue weighted by Crippen LogP contribution is -2.21. The van der Waals surface area contributed by atoms with E-state index in [4.69, 9.17) is 0 Å². The summed E-state index contributed by atoms with van der Waals surface area (Å²) >= 11 is 0. The zero-order valence-electron chi connectivity index (χ0n) is 12.7. The number of nitro groups is 1. The van der Waals surface area contributed by atoms with Crippen LogP contribution in [0, 0.1) is 21.4 Å². The normalized spacial score (nSPS) is 10.2. The Morgan fingerprint density at radius 1 is 1.28 bits per heavy atom. The lowest BCUT2D eigenvalue weighted by molar-refractivity contribution is -0.385. The van der Waals surface area contributed by atoms with Crippen molar-refractivity contribution in [2.75, 3.05) is 5.32 Å². The Morgan fingerprint density at radius 2 is 2.04 bits per heavy atom. The maximum Gasteiger partial charge on any atom is 0.307 e. The lowest BCUT2D eigenvalue weighted by Gasteiger charge is -2.09. The molecular weight excluding hydrogens is 326 g/mol. The fraction of sp³-hybridized carbons (Fsp3) is 0.0667. The number of nitrogens with one attached hydrogen (secondary N) is 1. The van der Waals surface area contributed by atoms with Crippen LogP contribution in [0.1, 0.15) is 5.56 Å². The van der Waals surface area contributed by atoms with E-state index in [1.807, 2.05) is 12.1 Å². The van der Waals surface area contributed by atoms with Gasteiger partial charge in [-0.25, -0.2) is 4.68 Å². The molecule has 0 aliphatic heterocycles. The number of hydrogen-bond donors (Lipinski definition) is 1. The molecule has 0 aliphatic rings. The Labute approximate surface area is 141 Å². The number of carbonyl (C=O) groups excluding carboxylic acids is 1. The van der Waals surface area contributed by atoms with Crippen molar-refractivity contribution in [3.05, 3.63) is 64.6 Å². The summed E-state index contributed by atoms with van der Waals surface area (Å²) in [4.78, 5) is 22.3. The molecule has 0 saturated heterocycles. The maximum atomic E-state index is 12.2. The van der Waals surface area contributed by atoms with Gasteiger partial charge in [-0.3, -0.25) is 19.6 Å². The van der Waals surface area contributed by atoms with Gasteiger partial charge in [0.1, 0.15) is 30.6 Å². The highest BCUT2D eigenvalue weighted by Crippen LogP contribution is 2.19. The molecular formula is C15H11N7O3. The summed E-state index contributed by atoms with van der Waals surface area (Å²) in [6, 6.07) is 11.0. The van der Waals surface area contributed by atoms with Crippen molar-refractivity contribution >= 4 is 17.4 Å². The van der Waals surface area contributed by atoms with Crippen LogP contribution in [-0.2, 0) is 11.3 Å². The van der Waals surface area contributed by atoms with Crippen LogP contribution in [0.4, 0.5) is 11.5 Å². The second-order valence-corrected chi connectivity index (χ2v) is 4.97. The van der Waals surface area contributed by atoms with Crippen molar-refractivity contribution < 1.29 is 9.72 Å². The molecule has 1 aromatic carbocycles. The zero-order chi connectivity index (χ0) is 17.8. The van der Waals surface area contributed by atoms with Crippen molar-refractivity contribution in [2.24, 2.45) is 0 Å². The molecule has 0 unspecified atom stereocenters. The number of carbonyl (C=O) groups is 1. The van der Waals surface area contributed by atoms with E-state index in [-0.39, 0.29) is 23.6 Å². The molecule has 3 aromatic rings. The largest absolute Gasteiger partial charge is 0.308 e. The van der Waals surface area contributed by atoms with Crippen LogP contribution in [-0.4, -0.2) is 30.4 Å². The van der Waals surface area contributed by atoms with Gasteiger partial charge in [-0.15, -0.1) is 0 Å². The summed E-state index contributed by atoms with van der Waals surface area (Å²) in [6.45, 7) is -0.237. The summed E-state index contributed by atoms with van der Waals surface area (Å²) in [6.07, 6.45) is 3.56. The number of hydrogen-bond acceptors (Lipinski definition) is 6. The molecule has 0 fully saturated rings. The standard InChI is InChI=1S/C15H11N7O3/c16-6-11-7-18-21(12-4-2-1-3-5-12)15(11)19-14(23)10-20-9-13(8-17-20)22(24)25/h1-5,7-9H,10H2,(H,19,23). The minimum atomic E-state index is -0.598. The molecule has 0 saturated carbocycles. The lowest BCUT2D eigenvalue weighted by atomic mass is 10.3. The first-order valence-corrected chi connectivity index (χ1v) is 7.08. The summed E-state index contributed by atoms with van der Waals surface area (Å²) < 4.78 is 2.57. The molecule has 1 amide bonds. The molecule has 0 bridgehead atoms. The molecule has 10 heteroatoms. The number of anilines is 1. The minimum absolute atomic E-state index is 0.198. The summed E-state index contributed by atoms with van der Waals surface area (Å²) in [5.41, 5.74) is 0.664. The van der Waals surface area contributed by atoms with Crippen LogP contribution in [0.25, 0.3) is 5.69 Å². The molecule has 10 nitrogen and oxygen atoms in total. The fourth-order valence-electron chi connectivity index (χ4n) is 2.17. The van der Waals surface area contributed by atoms with Gasteiger partial charge in [-0.2, -0.15) is 15.5 Å². The molecule has 0 radical (unpaired) electrons. The highest BCUT2D eigenvalue weighted by Gasteiger charge is 2.16. The molecule has 1 N–H and O–H groups in total. The SMILES string of the molecule is N#Cc1cnn(-c2ccccc2)c1NC(=O)Cn1cc([N+](=O)[O-])cn1. The molecule has 0 spiro atoms. The predicted octanol–water partition coefficient (Wildman–Crippen LogP) is 1.49. The Balaban J connectivity index is 1.82. The van der Waals surface area contributed by atoms with E-state index in [0.717, 1.165) is 17.1 Å². The first-order chi connectivity index (χ1) is 12.1. The predicted molar refractivity (Wildman–Crippen MR) is 85.8 cm³/mol. The molecule has 2 heterocycles. The van der Waals surface area contributed by atoms with E-state index < -0.39 is 10.8 Å². The quantitative estimate of drug-likeness (QED) is 0.554. The Kier molecular flexibility index (Phi) is 4.21. The number of para-hydroxylation sites is 1. The first-order valence-electron chi connectivity index (χ1n) is 7.08. The van der Waals surface area contributed by atoms with Crippen LogP contribution < -0.4 is 5.32 Å². The van der Waals surface area contributed by atoms with Crippen molar-refractivity contribution in [2.45, 2.75) is 6.54 Å². The fourth-order valence-corrected chi connectivity index (χ4v) is 2.17. The van der Waals surface area contributed by atoms with Gasteiger partial charge in [-0.05, 0) is 12.1 Å². The van der Waals surface area contributed by atoms with Crippen molar-refractivity contribution in [1.29, 1.82) is 5.26 Å². The van der Waals surface area contributed by atoms with Crippen LogP contribution in [0.3, 0.4) is 0 Å². The third-order valence-corrected chi connectivity index (χ3v) is 3.28. The monoisotopic (exact) mass is 337 g/mol. The Bertz CT molecular complexity index is 969. The molecule has 3 rings (SSSR count). The van der Waals surface area contributed by atoms with E-state index in [2.05, 4.69) is 15.5 Å². The van der Waals surface area contributed by atoms with Gasteiger partial charge in [-0.1, -0.05) is 18.2 Å². The number of nitrogens with zero attached hydrogens (tertiary/aromatic N) is 6. The number of aromatic nitrogens is 4. The Morgan fingerprint density at radius 3 is 2.68 bits per heavy atom. The van der Waals surface area contributed by atoms with Crippen LogP contribution in [0.2, 0.25) is 0 Å². The summed E-state index contributed by atoms with van der Waals surface area (Å²) in [5.74, 6) is -0.271. The number of nitriles is 1. The first kappa shape index (κ1) is 15.9. The van der Waals surface area contributed by atoms with Crippen LogP contribution >= 0.6 is 0 Å². The average molecular weight is 337 g/mol. The maximum absolute atomic E-state index is 12.2. The third kappa shape index (κ3) is 3.35. The van der Waals surface area contributed by atoms with Crippen molar-refractivity contribution in [3.63, 3.8) is 0 Å². The molecule has 25 heavy (non-hydrogen) atoms. The smallest absolute Gasteiger partial charge is 0.307 e. The second kappa shape index (κ2) is 6.63. The summed E-state index contributed by atoms with van der Waals surface area (Å²) in [5, 5.41) is 30.3. The van der Waals surface area contributed by atoms with Crippen molar-refractivity contribution in [1.82, 2.24) is 19.6 Å². The summed E-state index contributed by atoms with van der Waals surface area (Å²) in [7, 11) is 0. The second-order valence-electron chi connectivity index (χ2n) is 4.97. The van der Waals surface area contributed by atoms with Crippen LogP contribution in [0.15, 0.2) is 48.9 Å². The average Bonchev–Trinajstić information content (AvgIpc) is 3.22. The van der Waals surface area contributed by atoms with Gasteiger partial charge >= 0.3 is 5.69 Å². The number of rotatable bonds is 5. The highest BCUT2D eigenvalue weighted by molar-refractivity contribution is 5.91. The van der Waals surface area contributed by atoms with E-state index in [1.165, 1.54) is 10.9 Å². The van der Waals surface area contributed by atoms with E-state index >= 15 is 0 Å². The Hall–Kier alpha value is -4.00. The van der Waals surface area contributed by atoms with Gasteiger partial charge in [0.2, 0.25) is 5.91 Å². The van der Waals surface area contributed by atoms with Gasteiger partial charge in [0.15, 0.2) is 5.82 Å². The van der Waals surface area contributed by atoms with E-state index in [9.17, 15) is 20.2 Å². The topological polar surface area (TPSA) is 132 Å². The zero-order valence-corrected chi connectivity index (χ0v) is 12.7. The minimum Gasteiger partial charge on any atom is -0.308 e. The number of benzene rings is 1. The van der Waals surface area contributed by atoms with Crippen molar-refractivity contribution in [3.8, 4) is 11.8 Å². The molecule has 0 atom stereocenters. The molecule has 124 valence electrons. The van der Waals surface area contributed by atoms with Gasteiger partial charge in [0.05, 0.1) is 16.8 Å². The van der Waals surface area contributed by atoms with Gasteiger partial charge < -0.3 is 5.32 Å². The van der Waals surface area contributed by atoms with E-state index in [0.29, 0.717) is 5.69 Å². The number of amides is 1. The van der Waals surface area contributed by atoms with Gasteiger partial charge in [0, 0.05) is 0 Å². The molecule has 2 aromatic heterocycles.